The summed E-state index contributed by atoms with van der Waals surface area (Å²) in [6.07, 6.45) is 3.57. The topological polar surface area (TPSA) is 47.7 Å². The van der Waals surface area contributed by atoms with E-state index in [1.54, 1.807) is 7.11 Å². The predicted molar refractivity (Wildman–Crippen MR) is 88.6 cm³/mol. The number of piperidine rings is 1. The van der Waals surface area contributed by atoms with Gasteiger partial charge in [-0.3, -0.25) is 4.90 Å². The zero-order valence-corrected chi connectivity index (χ0v) is 14.3. The normalized spacial score (nSPS) is 17.1. The first-order valence-electron chi connectivity index (χ1n) is 7.59. The fraction of sp³-hybridized carbons (Fsp3) is 0.625. The summed E-state index contributed by atoms with van der Waals surface area (Å²) >= 11 is 3.62. The highest BCUT2D eigenvalue weighted by molar-refractivity contribution is 9.10. The van der Waals surface area contributed by atoms with Gasteiger partial charge in [0.1, 0.15) is 5.75 Å². The molecule has 118 valence electrons. The molecule has 2 N–H and O–H groups in total. The molecule has 0 amide bonds. The fourth-order valence-corrected chi connectivity index (χ4v) is 2.98. The summed E-state index contributed by atoms with van der Waals surface area (Å²) in [4.78, 5) is 2.47. The van der Waals surface area contributed by atoms with E-state index in [1.165, 1.54) is 5.56 Å². The van der Waals surface area contributed by atoms with Crippen LogP contribution < -0.4 is 10.5 Å². The van der Waals surface area contributed by atoms with Crippen LogP contribution in [0.3, 0.4) is 0 Å². The van der Waals surface area contributed by atoms with Gasteiger partial charge in [-0.1, -0.05) is 15.9 Å². The van der Waals surface area contributed by atoms with Gasteiger partial charge in [0.05, 0.1) is 13.2 Å². The van der Waals surface area contributed by atoms with Gasteiger partial charge >= 0.3 is 0 Å². The molecule has 1 aliphatic heterocycles. The molecule has 0 radical (unpaired) electrons. The van der Waals surface area contributed by atoms with Crippen molar-refractivity contribution in [2.45, 2.75) is 31.9 Å². The van der Waals surface area contributed by atoms with E-state index in [0.29, 0.717) is 12.6 Å². The smallest absolute Gasteiger partial charge is 0.119 e. The van der Waals surface area contributed by atoms with Crippen LogP contribution in [0.15, 0.2) is 22.7 Å². The number of nitrogens with zero attached hydrogens (tertiary/aromatic N) is 1. The number of nitrogens with two attached hydrogens (primary N) is 1. The molecule has 21 heavy (non-hydrogen) atoms. The van der Waals surface area contributed by atoms with Gasteiger partial charge in [-0.15, -0.1) is 0 Å². The van der Waals surface area contributed by atoms with Crippen LogP contribution in [0.4, 0.5) is 0 Å². The molecule has 5 heteroatoms. The van der Waals surface area contributed by atoms with E-state index >= 15 is 0 Å². The minimum atomic E-state index is 0.404. The Hall–Kier alpha value is -0.620. The summed E-state index contributed by atoms with van der Waals surface area (Å²) in [7, 11) is 1.71. The summed E-state index contributed by atoms with van der Waals surface area (Å²) in [5.74, 6) is 0.910. The molecule has 0 bridgehead atoms. The first-order chi connectivity index (χ1) is 10.2. The molecular weight excluding hydrogens is 332 g/mol. The van der Waals surface area contributed by atoms with E-state index in [-0.39, 0.29) is 0 Å². The van der Waals surface area contributed by atoms with Crippen molar-refractivity contribution in [3.8, 4) is 5.75 Å². The Balaban J connectivity index is 1.80. The second-order valence-electron chi connectivity index (χ2n) is 5.45. The maximum Gasteiger partial charge on any atom is 0.119 e. The van der Waals surface area contributed by atoms with Crippen LogP contribution in [0.25, 0.3) is 0 Å². The number of benzene rings is 1. The van der Waals surface area contributed by atoms with E-state index < -0.39 is 0 Å². The molecule has 0 aliphatic carbocycles. The quantitative estimate of drug-likeness (QED) is 0.763. The van der Waals surface area contributed by atoms with Crippen molar-refractivity contribution < 1.29 is 9.47 Å². The van der Waals surface area contributed by atoms with Gasteiger partial charge in [-0.2, -0.15) is 0 Å². The number of rotatable bonds is 7. The van der Waals surface area contributed by atoms with Gasteiger partial charge in [0.2, 0.25) is 0 Å². The third-order valence-corrected chi connectivity index (χ3v) is 4.66. The Morgan fingerprint density at radius 3 is 2.76 bits per heavy atom. The van der Waals surface area contributed by atoms with E-state index in [4.69, 9.17) is 15.2 Å². The van der Waals surface area contributed by atoms with Crippen LogP contribution in [0.5, 0.6) is 5.75 Å². The third-order valence-electron chi connectivity index (χ3n) is 3.88. The monoisotopic (exact) mass is 356 g/mol. The largest absolute Gasteiger partial charge is 0.497 e. The second-order valence-corrected chi connectivity index (χ2v) is 6.30. The number of hydrogen-bond acceptors (Lipinski definition) is 4. The van der Waals surface area contributed by atoms with Crippen LogP contribution in [0.2, 0.25) is 0 Å². The van der Waals surface area contributed by atoms with Crippen molar-refractivity contribution in [2.75, 3.05) is 33.4 Å². The van der Waals surface area contributed by atoms with Crippen LogP contribution >= 0.6 is 15.9 Å². The lowest BCUT2D eigenvalue weighted by atomic mass is 10.1. The number of methoxy groups -OCH3 is 1. The maximum absolute atomic E-state index is 5.85. The molecule has 0 unspecified atom stereocenters. The molecular formula is C16H25BrN2O2. The first-order valence-corrected chi connectivity index (χ1v) is 8.38. The SMILES string of the molecule is COc1ccc(Br)c(CN2CCC(OCCCN)CC2)c1. The van der Waals surface area contributed by atoms with E-state index in [9.17, 15) is 0 Å². The number of hydrogen-bond donors (Lipinski definition) is 1. The van der Waals surface area contributed by atoms with Gasteiger partial charge in [0.15, 0.2) is 0 Å². The van der Waals surface area contributed by atoms with E-state index in [0.717, 1.165) is 55.7 Å². The Kier molecular flexibility index (Phi) is 6.96. The average Bonchev–Trinajstić information content (AvgIpc) is 2.51. The second kappa shape index (κ2) is 8.73. The number of ether oxygens (including phenoxy) is 2. The molecule has 1 aromatic rings. The van der Waals surface area contributed by atoms with Gasteiger partial charge in [0, 0.05) is 30.7 Å². The van der Waals surface area contributed by atoms with Gasteiger partial charge in [0.25, 0.3) is 0 Å². The van der Waals surface area contributed by atoms with E-state index in [1.807, 2.05) is 6.07 Å². The van der Waals surface area contributed by atoms with Crippen molar-refractivity contribution in [1.82, 2.24) is 4.90 Å². The molecule has 1 fully saturated rings. The zero-order valence-electron chi connectivity index (χ0n) is 12.7. The predicted octanol–water partition coefficient (Wildman–Crippen LogP) is 2.79. The lowest BCUT2D eigenvalue weighted by molar-refractivity contribution is 0.00558. The lowest BCUT2D eigenvalue weighted by Crippen LogP contribution is -2.36. The highest BCUT2D eigenvalue weighted by Crippen LogP contribution is 2.25. The van der Waals surface area contributed by atoms with Gasteiger partial charge in [-0.25, -0.2) is 0 Å². The molecule has 1 aliphatic rings. The third kappa shape index (κ3) is 5.25. The average molecular weight is 357 g/mol. The van der Waals surface area contributed by atoms with Gasteiger partial charge in [-0.05, 0) is 49.6 Å². The molecule has 1 heterocycles. The lowest BCUT2D eigenvalue weighted by Gasteiger charge is -2.32. The number of likely N-dealkylation sites (tertiary alicyclic amines) is 1. The van der Waals surface area contributed by atoms with Crippen LogP contribution in [0.1, 0.15) is 24.8 Å². The summed E-state index contributed by atoms with van der Waals surface area (Å²) in [6, 6.07) is 6.13. The number of halogens is 1. The summed E-state index contributed by atoms with van der Waals surface area (Å²) in [5, 5.41) is 0. The Bertz CT molecular complexity index is 434. The molecule has 4 nitrogen and oxygen atoms in total. The van der Waals surface area contributed by atoms with Crippen molar-refractivity contribution in [3.63, 3.8) is 0 Å². The molecule has 1 saturated heterocycles. The van der Waals surface area contributed by atoms with Crippen LogP contribution in [0, 0.1) is 0 Å². The summed E-state index contributed by atoms with van der Waals surface area (Å²) in [5.41, 5.74) is 6.76. The zero-order chi connectivity index (χ0) is 15.1. The first kappa shape index (κ1) is 16.7. The molecule has 0 saturated carbocycles. The van der Waals surface area contributed by atoms with Crippen molar-refractivity contribution in [1.29, 1.82) is 0 Å². The molecule has 1 aromatic carbocycles. The summed E-state index contributed by atoms with van der Waals surface area (Å²) in [6.45, 7) is 4.62. The van der Waals surface area contributed by atoms with E-state index in [2.05, 4.69) is 33.0 Å². The standard InChI is InChI=1S/C16H25BrN2O2/c1-20-15-3-4-16(17)13(11-15)12-19-8-5-14(6-9-19)21-10-2-7-18/h3-4,11,14H,2,5-10,12,18H2,1H3. The summed E-state index contributed by atoms with van der Waals surface area (Å²) < 4.78 is 12.3. The molecule has 0 spiro atoms. The molecule has 2 rings (SSSR count). The highest BCUT2D eigenvalue weighted by Gasteiger charge is 2.20. The van der Waals surface area contributed by atoms with Crippen LogP contribution in [-0.4, -0.2) is 44.4 Å². The minimum absolute atomic E-state index is 0.404. The highest BCUT2D eigenvalue weighted by atomic mass is 79.9. The molecule has 0 atom stereocenters. The minimum Gasteiger partial charge on any atom is -0.497 e. The Labute approximate surface area is 135 Å². The van der Waals surface area contributed by atoms with Crippen molar-refractivity contribution in [3.05, 3.63) is 28.2 Å². The van der Waals surface area contributed by atoms with Crippen molar-refractivity contribution >= 4 is 15.9 Å². The maximum atomic E-state index is 5.85. The Morgan fingerprint density at radius 2 is 2.10 bits per heavy atom. The van der Waals surface area contributed by atoms with Gasteiger partial charge < -0.3 is 15.2 Å². The van der Waals surface area contributed by atoms with Crippen molar-refractivity contribution in [2.24, 2.45) is 5.73 Å². The Morgan fingerprint density at radius 1 is 1.33 bits per heavy atom. The fourth-order valence-electron chi connectivity index (χ4n) is 2.61. The van der Waals surface area contributed by atoms with Crippen LogP contribution in [-0.2, 0) is 11.3 Å². The molecule has 0 aromatic heterocycles.